The van der Waals surface area contributed by atoms with E-state index >= 15 is 0 Å². The van der Waals surface area contributed by atoms with Gasteiger partial charge in [0, 0.05) is 14.6 Å². The molecule has 0 fully saturated rings. The maximum atomic E-state index is 3.56. The van der Waals surface area contributed by atoms with Gasteiger partial charge < -0.3 is 0 Å². The zero-order valence-corrected chi connectivity index (χ0v) is 22.0. The second kappa shape index (κ2) is 9.79. The summed E-state index contributed by atoms with van der Waals surface area (Å²) in [6.45, 7) is 0. The van der Waals surface area contributed by atoms with Crippen LogP contribution in [0.25, 0.3) is 53.6 Å². The first-order valence-electron chi connectivity index (χ1n) is 11.5. The largest absolute Gasteiger partial charge is 0.134 e. The fraction of sp³-hybridized carbons (Fsp3) is 0. The SMILES string of the molecule is Brc1ccc(-c2ccc(-c3ccc(-c4ccc(-c5ccc(-c6ccccc6)cc5)cc4)cc3)s2)s1. The van der Waals surface area contributed by atoms with Crippen LogP contribution in [0.5, 0.6) is 0 Å². The Bertz CT molecular complexity index is 1560. The molecule has 0 unspecified atom stereocenters. The van der Waals surface area contributed by atoms with E-state index < -0.39 is 0 Å². The monoisotopic (exact) mass is 548 g/mol. The Morgan fingerprint density at radius 1 is 0.314 bits per heavy atom. The van der Waals surface area contributed by atoms with E-state index in [4.69, 9.17) is 0 Å². The van der Waals surface area contributed by atoms with Gasteiger partial charge in [-0.1, -0.05) is 103 Å². The van der Waals surface area contributed by atoms with Crippen molar-refractivity contribution in [1.29, 1.82) is 0 Å². The van der Waals surface area contributed by atoms with Gasteiger partial charge in [-0.3, -0.25) is 0 Å². The topological polar surface area (TPSA) is 0 Å². The van der Waals surface area contributed by atoms with Crippen molar-refractivity contribution in [2.45, 2.75) is 0 Å². The third-order valence-corrected chi connectivity index (χ3v) is 9.09. The van der Waals surface area contributed by atoms with Crippen molar-refractivity contribution in [3.05, 3.63) is 131 Å². The van der Waals surface area contributed by atoms with Crippen molar-refractivity contribution in [2.75, 3.05) is 0 Å². The Morgan fingerprint density at radius 3 is 1.14 bits per heavy atom. The van der Waals surface area contributed by atoms with Crippen LogP contribution in [-0.2, 0) is 0 Å². The Morgan fingerprint density at radius 2 is 0.686 bits per heavy atom. The molecule has 3 heteroatoms. The van der Waals surface area contributed by atoms with Gasteiger partial charge in [0.2, 0.25) is 0 Å². The molecule has 0 atom stereocenters. The molecule has 35 heavy (non-hydrogen) atoms. The highest BCUT2D eigenvalue weighted by Gasteiger charge is 2.08. The first-order chi connectivity index (χ1) is 17.2. The minimum absolute atomic E-state index is 1.17. The second-order valence-corrected chi connectivity index (χ2v) is 11.9. The Balaban J connectivity index is 1.18. The van der Waals surface area contributed by atoms with Crippen LogP contribution in [0, 0.1) is 0 Å². The molecule has 0 aliphatic carbocycles. The molecule has 4 aromatic carbocycles. The quantitative estimate of drug-likeness (QED) is 0.201. The van der Waals surface area contributed by atoms with Crippen LogP contribution in [0.1, 0.15) is 0 Å². The highest BCUT2D eigenvalue weighted by molar-refractivity contribution is 9.11. The maximum Gasteiger partial charge on any atom is 0.0705 e. The summed E-state index contributed by atoms with van der Waals surface area (Å²) >= 11 is 7.18. The van der Waals surface area contributed by atoms with Gasteiger partial charge in [0.15, 0.2) is 0 Å². The van der Waals surface area contributed by atoms with E-state index in [1.165, 1.54) is 57.4 Å². The van der Waals surface area contributed by atoms with Crippen LogP contribution in [0.15, 0.2) is 131 Å². The van der Waals surface area contributed by atoms with Crippen LogP contribution in [0.2, 0.25) is 0 Å². The molecule has 0 aliphatic rings. The fourth-order valence-electron chi connectivity index (χ4n) is 4.24. The third kappa shape index (κ3) is 4.81. The molecule has 0 saturated heterocycles. The molecule has 0 saturated carbocycles. The summed E-state index contributed by atoms with van der Waals surface area (Å²) in [5.74, 6) is 0. The van der Waals surface area contributed by atoms with Crippen molar-refractivity contribution in [1.82, 2.24) is 0 Å². The van der Waals surface area contributed by atoms with Gasteiger partial charge >= 0.3 is 0 Å². The van der Waals surface area contributed by atoms with E-state index in [1.807, 2.05) is 11.3 Å². The van der Waals surface area contributed by atoms with Crippen LogP contribution in [-0.4, -0.2) is 0 Å². The molecular formula is C32H21BrS2. The summed E-state index contributed by atoms with van der Waals surface area (Å²) in [6.07, 6.45) is 0. The van der Waals surface area contributed by atoms with E-state index in [2.05, 4.69) is 143 Å². The molecule has 0 radical (unpaired) electrons. The molecule has 168 valence electrons. The molecule has 2 heterocycles. The second-order valence-electron chi connectivity index (χ2n) is 8.37. The summed E-state index contributed by atoms with van der Waals surface area (Å²) in [5.41, 5.74) is 8.68. The van der Waals surface area contributed by atoms with E-state index in [9.17, 15) is 0 Å². The predicted molar refractivity (Wildman–Crippen MR) is 157 cm³/mol. The van der Waals surface area contributed by atoms with Crippen LogP contribution in [0.4, 0.5) is 0 Å². The number of hydrogen-bond acceptors (Lipinski definition) is 2. The molecule has 6 aromatic rings. The molecule has 6 rings (SSSR count). The summed E-state index contributed by atoms with van der Waals surface area (Å²) in [6, 6.07) is 45.8. The summed E-state index contributed by atoms with van der Waals surface area (Å²) in [4.78, 5) is 3.91. The first-order valence-corrected chi connectivity index (χ1v) is 13.9. The highest BCUT2D eigenvalue weighted by Crippen LogP contribution is 2.39. The molecule has 0 aliphatic heterocycles. The number of benzene rings is 4. The van der Waals surface area contributed by atoms with Gasteiger partial charge in [0.05, 0.1) is 3.79 Å². The van der Waals surface area contributed by atoms with Crippen molar-refractivity contribution in [3.63, 3.8) is 0 Å². The first kappa shape index (κ1) is 22.2. The van der Waals surface area contributed by atoms with Crippen molar-refractivity contribution >= 4 is 38.6 Å². The summed E-state index contributed by atoms with van der Waals surface area (Å²) < 4.78 is 1.17. The van der Waals surface area contributed by atoms with Gasteiger partial charge in [-0.15, -0.1) is 22.7 Å². The Kier molecular flexibility index (Phi) is 6.22. The summed E-state index contributed by atoms with van der Waals surface area (Å²) in [7, 11) is 0. The van der Waals surface area contributed by atoms with Crippen molar-refractivity contribution in [3.8, 4) is 53.6 Å². The van der Waals surface area contributed by atoms with Gasteiger partial charge in [0.1, 0.15) is 0 Å². The standard InChI is InChI=1S/C32H21BrS2/c33-32-21-20-31(35-32)30-19-18-29(34-30)28-16-14-27(15-17-28)26-12-10-25(11-13-26)24-8-6-23(7-9-24)22-4-2-1-3-5-22/h1-21H. The molecular weight excluding hydrogens is 528 g/mol. The minimum Gasteiger partial charge on any atom is -0.134 e. The lowest BCUT2D eigenvalue weighted by molar-refractivity contribution is 1.57. The predicted octanol–water partition coefficient (Wildman–Crippen LogP) is 10.9. The average molecular weight is 550 g/mol. The molecule has 0 spiro atoms. The van der Waals surface area contributed by atoms with Gasteiger partial charge in [-0.2, -0.15) is 0 Å². The van der Waals surface area contributed by atoms with Gasteiger partial charge in [-0.05, 0) is 79.1 Å². The smallest absolute Gasteiger partial charge is 0.0705 e. The number of rotatable bonds is 5. The molecule has 0 N–H and O–H groups in total. The number of hydrogen-bond donors (Lipinski definition) is 0. The Hall–Kier alpha value is -3.24. The fourth-order valence-corrected chi connectivity index (χ4v) is 6.73. The van der Waals surface area contributed by atoms with Crippen molar-refractivity contribution in [2.24, 2.45) is 0 Å². The lowest BCUT2D eigenvalue weighted by Crippen LogP contribution is -1.82. The molecule has 0 bridgehead atoms. The molecule has 0 amide bonds. The van der Waals surface area contributed by atoms with Crippen LogP contribution >= 0.6 is 38.6 Å². The maximum absolute atomic E-state index is 3.56. The number of thiophene rings is 2. The number of halogens is 1. The van der Waals surface area contributed by atoms with E-state index in [0.717, 1.165) is 0 Å². The third-order valence-electron chi connectivity index (χ3n) is 6.14. The van der Waals surface area contributed by atoms with Gasteiger partial charge in [0.25, 0.3) is 0 Å². The highest BCUT2D eigenvalue weighted by atomic mass is 79.9. The normalized spacial score (nSPS) is 11.0. The minimum atomic E-state index is 1.17. The lowest BCUT2D eigenvalue weighted by Gasteiger charge is -2.07. The average Bonchev–Trinajstić information content (AvgIpc) is 3.59. The Labute approximate surface area is 222 Å². The van der Waals surface area contributed by atoms with E-state index in [0.29, 0.717) is 0 Å². The zero-order chi connectivity index (χ0) is 23.6. The van der Waals surface area contributed by atoms with E-state index in [1.54, 1.807) is 11.3 Å². The van der Waals surface area contributed by atoms with Crippen molar-refractivity contribution < 1.29 is 0 Å². The lowest BCUT2D eigenvalue weighted by atomic mass is 9.97. The summed E-state index contributed by atoms with van der Waals surface area (Å²) in [5, 5.41) is 0. The molecule has 0 nitrogen and oxygen atoms in total. The van der Waals surface area contributed by atoms with Crippen LogP contribution in [0.3, 0.4) is 0 Å². The molecule has 2 aromatic heterocycles. The van der Waals surface area contributed by atoms with Gasteiger partial charge in [-0.25, -0.2) is 0 Å². The van der Waals surface area contributed by atoms with E-state index in [-0.39, 0.29) is 0 Å². The van der Waals surface area contributed by atoms with Crippen LogP contribution < -0.4 is 0 Å². The zero-order valence-electron chi connectivity index (χ0n) is 18.8.